The van der Waals surface area contributed by atoms with E-state index in [4.69, 9.17) is 14.5 Å². The van der Waals surface area contributed by atoms with Gasteiger partial charge in [-0.2, -0.15) is 0 Å². The van der Waals surface area contributed by atoms with E-state index < -0.39 is 0 Å². The topological polar surface area (TPSA) is 64.9 Å². The molecule has 176 valence electrons. The molecule has 1 amide bonds. The number of carbonyl (C=O) groups is 1. The second-order valence-electron chi connectivity index (χ2n) is 8.34. The van der Waals surface area contributed by atoms with Gasteiger partial charge in [-0.05, 0) is 75.6 Å². The molecule has 0 saturated carbocycles. The maximum Gasteiger partial charge on any atom is 0.230 e. The number of benzene rings is 2. The van der Waals surface area contributed by atoms with Gasteiger partial charge in [-0.1, -0.05) is 18.2 Å². The van der Waals surface area contributed by atoms with Crippen molar-refractivity contribution in [1.29, 1.82) is 0 Å². The first-order valence-corrected chi connectivity index (χ1v) is 11.6. The van der Waals surface area contributed by atoms with Crippen molar-refractivity contribution in [2.24, 2.45) is 0 Å². The van der Waals surface area contributed by atoms with E-state index in [0.29, 0.717) is 30.4 Å². The van der Waals surface area contributed by atoms with Gasteiger partial charge in [0.2, 0.25) is 5.91 Å². The maximum atomic E-state index is 13.2. The fraction of sp³-hybridized carbons (Fsp3) is 0.286. The smallest absolute Gasteiger partial charge is 0.230 e. The number of anilines is 1. The van der Waals surface area contributed by atoms with E-state index in [0.717, 1.165) is 28.2 Å². The molecule has 0 saturated heterocycles. The van der Waals surface area contributed by atoms with E-state index in [1.807, 2.05) is 55.6 Å². The largest absolute Gasteiger partial charge is 0.490 e. The molecular formula is C28H31N3O3. The molecular weight excluding hydrogens is 426 g/mol. The summed E-state index contributed by atoms with van der Waals surface area (Å²) >= 11 is 0. The molecule has 0 spiro atoms. The van der Waals surface area contributed by atoms with E-state index in [2.05, 4.69) is 37.4 Å². The van der Waals surface area contributed by atoms with Crippen LogP contribution in [0.1, 0.15) is 36.2 Å². The van der Waals surface area contributed by atoms with Crippen molar-refractivity contribution in [3.05, 3.63) is 77.1 Å². The van der Waals surface area contributed by atoms with Crippen LogP contribution in [0.15, 0.2) is 54.7 Å². The Hall–Kier alpha value is -3.80. The first kappa shape index (κ1) is 23.4. The molecule has 0 aliphatic rings. The highest BCUT2D eigenvalue weighted by Crippen LogP contribution is 2.31. The van der Waals surface area contributed by atoms with Crippen molar-refractivity contribution in [2.75, 3.05) is 18.5 Å². The molecule has 0 bridgehead atoms. The van der Waals surface area contributed by atoms with Crippen LogP contribution < -0.4 is 14.8 Å². The van der Waals surface area contributed by atoms with Gasteiger partial charge in [-0.3, -0.25) is 4.79 Å². The molecule has 1 N–H and O–H groups in total. The number of rotatable bonds is 8. The second-order valence-corrected chi connectivity index (χ2v) is 8.34. The van der Waals surface area contributed by atoms with E-state index >= 15 is 0 Å². The summed E-state index contributed by atoms with van der Waals surface area (Å²) < 4.78 is 13.3. The van der Waals surface area contributed by atoms with E-state index in [9.17, 15) is 4.79 Å². The lowest BCUT2D eigenvalue weighted by atomic mass is 10.0. The zero-order valence-corrected chi connectivity index (χ0v) is 20.4. The van der Waals surface area contributed by atoms with Gasteiger partial charge in [0.1, 0.15) is 5.65 Å². The molecule has 0 aliphatic heterocycles. The number of aromatic nitrogens is 2. The first-order valence-electron chi connectivity index (χ1n) is 11.6. The standard InChI is InChI=1S/C28H31N3O3/c1-6-33-24-13-12-22(16-25(24)34-7-2)29-26(32)17-23-27(21-11-10-18(3)20(5)15-21)30-28-19(4)9-8-14-31(23)28/h8-16H,6-7,17H2,1-5H3,(H,29,32). The Bertz CT molecular complexity index is 1340. The summed E-state index contributed by atoms with van der Waals surface area (Å²) in [5.74, 6) is 1.15. The lowest BCUT2D eigenvalue weighted by Crippen LogP contribution is -2.16. The summed E-state index contributed by atoms with van der Waals surface area (Å²) in [7, 11) is 0. The predicted molar refractivity (Wildman–Crippen MR) is 136 cm³/mol. The van der Waals surface area contributed by atoms with Crippen LogP contribution in [-0.4, -0.2) is 28.5 Å². The van der Waals surface area contributed by atoms with Gasteiger partial charge in [-0.15, -0.1) is 0 Å². The summed E-state index contributed by atoms with van der Waals surface area (Å²) in [4.78, 5) is 18.1. The fourth-order valence-corrected chi connectivity index (χ4v) is 4.03. The SMILES string of the molecule is CCOc1ccc(NC(=O)Cc2c(-c3ccc(C)c(C)c3)nc3c(C)cccn23)cc1OCC. The number of fused-ring (bicyclic) bond motifs is 1. The molecule has 0 unspecified atom stereocenters. The third-order valence-electron chi connectivity index (χ3n) is 5.88. The molecule has 0 fully saturated rings. The predicted octanol–water partition coefficient (Wildman–Crippen LogP) is 5.91. The minimum atomic E-state index is -0.125. The zero-order valence-electron chi connectivity index (χ0n) is 20.4. The van der Waals surface area contributed by atoms with Crippen molar-refractivity contribution in [1.82, 2.24) is 9.38 Å². The molecule has 2 aromatic heterocycles. The van der Waals surface area contributed by atoms with Gasteiger partial charge in [-0.25, -0.2) is 4.98 Å². The average Bonchev–Trinajstić information content (AvgIpc) is 3.17. The molecule has 4 aromatic rings. The quantitative estimate of drug-likeness (QED) is 0.357. The van der Waals surface area contributed by atoms with Crippen LogP contribution in [0.25, 0.3) is 16.9 Å². The molecule has 0 atom stereocenters. The van der Waals surface area contributed by atoms with Gasteiger partial charge >= 0.3 is 0 Å². The molecule has 0 radical (unpaired) electrons. The Labute approximate surface area is 200 Å². The number of nitrogens with one attached hydrogen (secondary N) is 1. The molecule has 34 heavy (non-hydrogen) atoms. The minimum absolute atomic E-state index is 0.125. The molecule has 2 heterocycles. The Balaban J connectivity index is 1.67. The van der Waals surface area contributed by atoms with Crippen molar-refractivity contribution in [3.8, 4) is 22.8 Å². The number of pyridine rings is 1. The summed E-state index contributed by atoms with van der Waals surface area (Å²) in [6, 6.07) is 15.8. The number of nitrogens with zero attached hydrogens (tertiary/aromatic N) is 2. The highest BCUT2D eigenvalue weighted by Gasteiger charge is 2.19. The van der Waals surface area contributed by atoms with Gasteiger partial charge in [0, 0.05) is 23.5 Å². The second kappa shape index (κ2) is 10.00. The van der Waals surface area contributed by atoms with Crippen LogP contribution in [0.2, 0.25) is 0 Å². The molecule has 6 nitrogen and oxygen atoms in total. The minimum Gasteiger partial charge on any atom is -0.490 e. The third kappa shape index (κ3) is 4.76. The Morgan fingerprint density at radius 2 is 1.68 bits per heavy atom. The highest BCUT2D eigenvalue weighted by atomic mass is 16.5. The Morgan fingerprint density at radius 1 is 0.912 bits per heavy atom. The van der Waals surface area contributed by atoms with Crippen molar-refractivity contribution in [2.45, 2.75) is 41.0 Å². The van der Waals surface area contributed by atoms with E-state index in [1.54, 1.807) is 6.07 Å². The van der Waals surface area contributed by atoms with Crippen LogP contribution in [0.5, 0.6) is 11.5 Å². The van der Waals surface area contributed by atoms with Crippen LogP contribution in [0, 0.1) is 20.8 Å². The Kier molecular flexibility index (Phi) is 6.87. The first-order chi connectivity index (χ1) is 16.4. The van der Waals surface area contributed by atoms with Gasteiger partial charge < -0.3 is 19.2 Å². The number of hydrogen-bond acceptors (Lipinski definition) is 4. The number of aryl methyl sites for hydroxylation is 3. The number of imidazole rings is 1. The van der Waals surface area contributed by atoms with Crippen LogP contribution in [-0.2, 0) is 11.2 Å². The molecule has 2 aromatic carbocycles. The average molecular weight is 458 g/mol. The highest BCUT2D eigenvalue weighted by molar-refractivity contribution is 5.93. The van der Waals surface area contributed by atoms with E-state index in [1.165, 1.54) is 11.1 Å². The van der Waals surface area contributed by atoms with E-state index in [-0.39, 0.29) is 12.3 Å². The van der Waals surface area contributed by atoms with Crippen molar-refractivity contribution in [3.63, 3.8) is 0 Å². The van der Waals surface area contributed by atoms with Gasteiger partial charge in [0.25, 0.3) is 0 Å². The lowest BCUT2D eigenvalue weighted by molar-refractivity contribution is -0.115. The Morgan fingerprint density at radius 3 is 2.41 bits per heavy atom. The molecule has 6 heteroatoms. The molecule has 4 rings (SSSR count). The third-order valence-corrected chi connectivity index (χ3v) is 5.88. The van der Waals surface area contributed by atoms with Crippen molar-refractivity contribution < 1.29 is 14.3 Å². The van der Waals surface area contributed by atoms with Crippen LogP contribution in [0.4, 0.5) is 5.69 Å². The monoisotopic (exact) mass is 457 g/mol. The number of ether oxygens (including phenoxy) is 2. The van der Waals surface area contributed by atoms with Gasteiger partial charge in [0.15, 0.2) is 11.5 Å². The fourth-order valence-electron chi connectivity index (χ4n) is 4.03. The number of carbonyl (C=O) groups excluding carboxylic acids is 1. The summed E-state index contributed by atoms with van der Waals surface area (Å²) in [6.07, 6.45) is 2.15. The summed E-state index contributed by atoms with van der Waals surface area (Å²) in [6.45, 7) is 11.1. The lowest BCUT2D eigenvalue weighted by Gasteiger charge is -2.13. The summed E-state index contributed by atoms with van der Waals surface area (Å²) in [5.41, 5.74) is 7.70. The zero-order chi connectivity index (χ0) is 24.2. The normalized spacial score (nSPS) is 11.0. The molecule has 0 aliphatic carbocycles. The van der Waals surface area contributed by atoms with Crippen LogP contribution >= 0.6 is 0 Å². The maximum absolute atomic E-state index is 13.2. The number of amides is 1. The number of hydrogen-bond donors (Lipinski definition) is 1. The van der Waals surface area contributed by atoms with Gasteiger partial charge in [0.05, 0.1) is 31.0 Å². The van der Waals surface area contributed by atoms with Crippen LogP contribution in [0.3, 0.4) is 0 Å². The summed E-state index contributed by atoms with van der Waals surface area (Å²) in [5, 5.41) is 3.01. The van der Waals surface area contributed by atoms with Crippen molar-refractivity contribution >= 4 is 17.2 Å².